The first-order valence-electron chi connectivity index (χ1n) is 6.03. The maximum atomic E-state index is 11.2. The van der Waals surface area contributed by atoms with Gasteiger partial charge in [0.15, 0.2) is 0 Å². The molecule has 0 saturated carbocycles. The van der Waals surface area contributed by atoms with Crippen molar-refractivity contribution in [1.82, 2.24) is 0 Å². The summed E-state index contributed by atoms with van der Waals surface area (Å²) in [5.41, 5.74) is 4.29. The van der Waals surface area contributed by atoms with Crippen LogP contribution in [-0.4, -0.2) is 18.2 Å². The Kier molecular flexibility index (Phi) is 3.56. The summed E-state index contributed by atoms with van der Waals surface area (Å²) in [7, 11) is 1.50. The number of ether oxygens (including phenoxy) is 1. The van der Waals surface area contributed by atoms with Crippen LogP contribution in [0.1, 0.15) is 21.5 Å². The molecule has 98 valence electrons. The van der Waals surface area contributed by atoms with Crippen LogP contribution >= 0.6 is 0 Å². The van der Waals surface area contributed by atoms with Crippen molar-refractivity contribution in [3.63, 3.8) is 0 Å². The molecule has 3 nitrogen and oxygen atoms in total. The van der Waals surface area contributed by atoms with E-state index in [4.69, 9.17) is 4.74 Å². The second kappa shape index (κ2) is 5.14. The van der Waals surface area contributed by atoms with E-state index in [1.165, 1.54) is 12.7 Å². The maximum Gasteiger partial charge on any atom is 0.339 e. The summed E-state index contributed by atoms with van der Waals surface area (Å²) in [6.45, 7) is 4.06. The minimum absolute atomic E-state index is 0.181. The molecule has 2 rings (SSSR count). The first-order valence-corrected chi connectivity index (χ1v) is 6.03. The minimum atomic E-state index is -0.982. The summed E-state index contributed by atoms with van der Waals surface area (Å²) >= 11 is 0. The van der Waals surface area contributed by atoms with E-state index in [0.29, 0.717) is 5.75 Å². The molecule has 0 radical (unpaired) electrons. The molecule has 0 aliphatic heterocycles. The molecule has 0 saturated heterocycles. The van der Waals surface area contributed by atoms with Crippen LogP contribution in [0.25, 0.3) is 11.1 Å². The highest BCUT2D eigenvalue weighted by Gasteiger charge is 2.17. The van der Waals surface area contributed by atoms with Gasteiger partial charge < -0.3 is 9.84 Å². The lowest BCUT2D eigenvalue weighted by Gasteiger charge is -2.14. The van der Waals surface area contributed by atoms with Crippen molar-refractivity contribution >= 4 is 5.97 Å². The quantitative estimate of drug-likeness (QED) is 0.911. The SMILES string of the molecule is COc1c(C(=O)O)cccc1-c1cccc(C)c1C. The van der Waals surface area contributed by atoms with Gasteiger partial charge in [-0.15, -0.1) is 0 Å². The van der Waals surface area contributed by atoms with Crippen molar-refractivity contribution in [2.24, 2.45) is 0 Å². The Morgan fingerprint density at radius 3 is 2.32 bits per heavy atom. The van der Waals surface area contributed by atoms with Crippen LogP contribution in [0, 0.1) is 13.8 Å². The number of carboxylic acids is 1. The van der Waals surface area contributed by atoms with E-state index in [1.54, 1.807) is 12.1 Å². The molecule has 0 bridgehead atoms. The van der Waals surface area contributed by atoms with Crippen molar-refractivity contribution in [3.8, 4) is 16.9 Å². The predicted molar refractivity (Wildman–Crippen MR) is 74.9 cm³/mol. The fraction of sp³-hybridized carbons (Fsp3) is 0.188. The average Bonchev–Trinajstić information content (AvgIpc) is 2.41. The predicted octanol–water partition coefficient (Wildman–Crippen LogP) is 3.68. The van der Waals surface area contributed by atoms with Gasteiger partial charge in [0.1, 0.15) is 11.3 Å². The van der Waals surface area contributed by atoms with Crippen molar-refractivity contribution < 1.29 is 14.6 Å². The van der Waals surface area contributed by atoms with Crippen LogP contribution in [0.2, 0.25) is 0 Å². The van der Waals surface area contributed by atoms with Gasteiger partial charge in [-0.1, -0.05) is 30.3 Å². The molecule has 0 heterocycles. The molecule has 0 aromatic heterocycles. The van der Waals surface area contributed by atoms with Gasteiger partial charge in [0.2, 0.25) is 0 Å². The Morgan fingerprint density at radius 2 is 1.68 bits per heavy atom. The number of carbonyl (C=O) groups is 1. The molecule has 3 heteroatoms. The lowest BCUT2D eigenvalue weighted by Crippen LogP contribution is -2.02. The molecule has 2 aromatic rings. The highest BCUT2D eigenvalue weighted by Crippen LogP contribution is 2.35. The van der Waals surface area contributed by atoms with Crippen LogP contribution in [0.4, 0.5) is 0 Å². The average molecular weight is 256 g/mol. The van der Waals surface area contributed by atoms with Crippen molar-refractivity contribution in [3.05, 3.63) is 53.1 Å². The Morgan fingerprint density at radius 1 is 1.05 bits per heavy atom. The molecule has 0 aliphatic rings. The Hall–Kier alpha value is -2.29. The summed E-state index contributed by atoms with van der Waals surface area (Å²) in [5.74, 6) is -0.576. The van der Waals surface area contributed by atoms with E-state index in [9.17, 15) is 9.90 Å². The fourth-order valence-electron chi connectivity index (χ4n) is 2.18. The highest BCUT2D eigenvalue weighted by atomic mass is 16.5. The van der Waals surface area contributed by atoms with Gasteiger partial charge in [0, 0.05) is 5.56 Å². The molecule has 0 unspecified atom stereocenters. The fourth-order valence-corrected chi connectivity index (χ4v) is 2.18. The highest BCUT2D eigenvalue weighted by molar-refractivity contribution is 5.94. The second-order valence-corrected chi connectivity index (χ2v) is 4.44. The third kappa shape index (κ3) is 2.32. The molecule has 2 aromatic carbocycles. The number of para-hydroxylation sites is 1. The van der Waals surface area contributed by atoms with E-state index in [0.717, 1.165) is 16.7 Å². The molecule has 0 aliphatic carbocycles. The van der Waals surface area contributed by atoms with Crippen molar-refractivity contribution in [2.45, 2.75) is 13.8 Å². The Balaban J connectivity index is 2.72. The van der Waals surface area contributed by atoms with Crippen molar-refractivity contribution in [2.75, 3.05) is 7.11 Å². The monoisotopic (exact) mass is 256 g/mol. The second-order valence-electron chi connectivity index (χ2n) is 4.44. The summed E-state index contributed by atoms with van der Waals surface area (Å²) in [4.78, 5) is 11.2. The van der Waals surface area contributed by atoms with E-state index in [1.807, 2.05) is 38.1 Å². The summed E-state index contributed by atoms with van der Waals surface area (Å²) in [6.07, 6.45) is 0. The normalized spacial score (nSPS) is 10.3. The lowest BCUT2D eigenvalue weighted by molar-refractivity contribution is 0.0693. The number of hydrogen-bond acceptors (Lipinski definition) is 2. The Labute approximate surface area is 112 Å². The summed E-state index contributed by atoms with van der Waals surface area (Å²) < 4.78 is 5.31. The van der Waals surface area contributed by atoms with Crippen LogP contribution in [-0.2, 0) is 0 Å². The third-order valence-electron chi connectivity index (χ3n) is 3.34. The number of carboxylic acid groups (broad SMARTS) is 1. The third-order valence-corrected chi connectivity index (χ3v) is 3.34. The van der Waals surface area contributed by atoms with Crippen LogP contribution < -0.4 is 4.74 Å². The molecular formula is C16H16O3. The van der Waals surface area contributed by atoms with Gasteiger partial charge >= 0.3 is 5.97 Å². The van der Waals surface area contributed by atoms with Gasteiger partial charge in [-0.3, -0.25) is 0 Å². The molecule has 0 spiro atoms. The number of hydrogen-bond donors (Lipinski definition) is 1. The largest absolute Gasteiger partial charge is 0.495 e. The van der Waals surface area contributed by atoms with E-state index >= 15 is 0 Å². The van der Waals surface area contributed by atoms with Crippen LogP contribution in [0.15, 0.2) is 36.4 Å². The van der Waals surface area contributed by atoms with Gasteiger partial charge in [-0.2, -0.15) is 0 Å². The van der Waals surface area contributed by atoms with Gasteiger partial charge in [0.25, 0.3) is 0 Å². The van der Waals surface area contributed by atoms with Crippen molar-refractivity contribution in [1.29, 1.82) is 0 Å². The van der Waals surface area contributed by atoms with E-state index in [-0.39, 0.29) is 5.56 Å². The topological polar surface area (TPSA) is 46.5 Å². The molecule has 19 heavy (non-hydrogen) atoms. The number of benzene rings is 2. The number of rotatable bonds is 3. The zero-order valence-electron chi connectivity index (χ0n) is 11.2. The zero-order chi connectivity index (χ0) is 14.0. The number of aryl methyl sites for hydroxylation is 1. The Bertz CT molecular complexity index is 630. The summed E-state index contributed by atoms with van der Waals surface area (Å²) in [6, 6.07) is 11.1. The minimum Gasteiger partial charge on any atom is -0.495 e. The first-order chi connectivity index (χ1) is 9.06. The summed E-state index contributed by atoms with van der Waals surface area (Å²) in [5, 5.41) is 9.21. The first kappa shape index (κ1) is 13.1. The van der Waals surface area contributed by atoms with Crippen LogP contribution in [0.5, 0.6) is 5.75 Å². The molecule has 0 fully saturated rings. The standard InChI is InChI=1S/C16H16O3/c1-10-6-4-7-12(11(10)2)13-8-5-9-14(16(17)18)15(13)19-3/h4-9H,1-3H3,(H,17,18). The smallest absolute Gasteiger partial charge is 0.339 e. The lowest BCUT2D eigenvalue weighted by atomic mass is 9.95. The van der Waals surface area contributed by atoms with Gasteiger partial charge in [-0.05, 0) is 36.6 Å². The molecule has 0 atom stereocenters. The number of methoxy groups -OCH3 is 1. The van der Waals surface area contributed by atoms with Crippen LogP contribution in [0.3, 0.4) is 0 Å². The number of aromatic carboxylic acids is 1. The molecular weight excluding hydrogens is 240 g/mol. The van der Waals surface area contributed by atoms with Gasteiger partial charge in [-0.25, -0.2) is 4.79 Å². The van der Waals surface area contributed by atoms with Gasteiger partial charge in [0.05, 0.1) is 7.11 Å². The maximum absolute atomic E-state index is 11.2. The molecule has 0 amide bonds. The van der Waals surface area contributed by atoms with E-state index in [2.05, 4.69) is 0 Å². The zero-order valence-corrected chi connectivity index (χ0v) is 11.2. The van der Waals surface area contributed by atoms with E-state index < -0.39 is 5.97 Å². The molecule has 1 N–H and O–H groups in total.